The second-order valence-corrected chi connectivity index (χ2v) is 9.58. The molecule has 0 aromatic heterocycles. The number of fused-ring (bicyclic) bond motifs is 2. The highest BCUT2D eigenvalue weighted by molar-refractivity contribution is 7.93. The summed E-state index contributed by atoms with van der Waals surface area (Å²) in [6.45, 7) is 8.24. The van der Waals surface area contributed by atoms with Crippen molar-refractivity contribution in [1.82, 2.24) is 0 Å². The van der Waals surface area contributed by atoms with Crippen LogP contribution in [-0.2, 0) is 10.0 Å². The second-order valence-electron chi connectivity index (χ2n) is 7.93. The van der Waals surface area contributed by atoms with E-state index in [0.717, 1.165) is 33.0 Å². The molecule has 0 unspecified atom stereocenters. The molecule has 0 saturated carbocycles. The maximum atomic E-state index is 13.4. The summed E-state index contributed by atoms with van der Waals surface area (Å²) in [4.78, 5) is 0.335. The van der Waals surface area contributed by atoms with E-state index < -0.39 is 10.0 Å². The lowest BCUT2D eigenvalue weighted by atomic mass is 10.0. The summed E-state index contributed by atoms with van der Waals surface area (Å²) in [6.07, 6.45) is 0. The van der Waals surface area contributed by atoms with E-state index in [1.165, 1.54) is 5.56 Å². The third-order valence-corrected chi connectivity index (χ3v) is 6.90. The van der Waals surface area contributed by atoms with Gasteiger partial charge in [-0.15, -0.1) is 0 Å². The third kappa shape index (κ3) is 3.49. The minimum absolute atomic E-state index is 0.335. The van der Waals surface area contributed by atoms with Gasteiger partial charge in [0.05, 0.1) is 10.6 Å². The molecule has 0 aliphatic heterocycles. The number of rotatable bonds is 4. The van der Waals surface area contributed by atoms with Crippen LogP contribution in [0.2, 0.25) is 0 Å². The Morgan fingerprint density at radius 2 is 1.55 bits per heavy atom. The summed E-state index contributed by atoms with van der Waals surface area (Å²) < 4.78 is 29.7. The fraction of sp³-hybridized carbons (Fsp3) is 0.200. The number of anilines is 1. The molecular weight excluding hydrogens is 378 g/mol. The van der Waals surface area contributed by atoms with Crippen LogP contribution in [0.1, 0.15) is 36.5 Å². The van der Waals surface area contributed by atoms with Crippen molar-refractivity contribution in [3.8, 4) is 11.1 Å². The van der Waals surface area contributed by atoms with Gasteiger partial charge in [0.25, 0.3) is 10.0 Å². The average Bonchev–Trinajstić information content (AvgIpc) is 2.91. The molecule has 0 radical (unpaired) electrons. The van der Waals surface area contributed by atoms with Crippen LogP contribution in [0.3, 0.4) is 0 Å². The van der Waals surface area contributed by atoms with Gasteiger partial charge in [0, 0.05) is 10.9 Å². The molecular formula is C25H25NO2S. The molecule has 2 aliphatic rings. The van der Waals surface area contributed by atoms with Gasteiger partial charge in [0.1, 0.15) is 0 Å². The first-order valence-electron chi connectivity index (χ1n) is 9.82. The summed E-state index contributed by atoms with van der Waals surface area (Å²) in [6, 6.07) is 21.5. The van der Waals surface area contributed by atoms with E-state index in [9.17, 15) is 8.42 Å². The zero-order valence-corrected chi connectivity index (χ0v) is 18.0. The molecule has 148 valence electrons. The van der Waals surface area contributed by atoms with Gasteiger partial charge < -0.3 is 0 Å². The van der Waals surface area contributed by atoms with Crippen LogP contribution < -0.4 is 4.72 Å². The van der Waals surface area contributed by atoms with E-state index in [0.29, 0.717) is 16.5 Å². The van der Waals surface area contributed by atoms with Crippen molar-refractivity contribution in [2.45, 2.75) is 38.5 Å². The molecule has 2 aromatic carbocycles. The first kappa shape index (κ1) is 19.5. The zero-order chi connectivity index (χ0) is 20.8. The monoisotopic (exact) mass is 403 g/mol. The fourth-order valence-electron chi connectivity index (χ4n) is 3.87. The van der Waals surface area contributed by atoms with Crippen molar-refractivity contribution in [2.75, 3.05) is 4.72 Å². The Labute approximate surface area is 172 Å². The van der Waals surface area contributed by atoms with Crippen LogP contribution in [0.4, 0.5) is 5.69 Å². The highest BCUT2D eigenvalue weighted by Crippen LogP contribution is 2.39. The smallest absolute Gasteiger partial charge is 0.262 e. The summed E-state index contributed by atoms with van der Waals surface area (Å²) in [5, 5.41) is 1.89. The highest BCUT2D eigenvalue weighted by Gasteiger charge is 2.26. The lowest BCUT2D eigenvalue weighted by Gasteiger charge is -2.12. The minimum atomic E-state index is -3.75. The van der Waals surface area contributed by atoms with Gasteiger partial charge in [-0.3, -0.25) is 4.72 Å². The topological polar surface area (TPSA) is 46.2 Å². The molecule has 0 bridgehead atoms. The van der Waals surface area contributed by atoms with E-state index in [2.05, 4.69) is 30.7 Å². The normalized spacial score (nSPS) is 12.0. The van der Waals surface area contributed by atoms with E-state index >= 15 is 0 Å². The van der Waals surface area contributed by atoms with Crippen LogP contribution in [0.25, 0.3) is 21.9 Å². The molecule has 1 N–H and O–H groups in total. The van der Waals surface area contributed by atoms with Crippen molar-refractivity contribution in [3.05, 3.63) is 83.4 Å². The zero-order valence-electron chi connectivity index (χ0n) is 17.2. The van der Waals surface area contributed by atoms with Crippen molar-refractivity contribution < 1.29 is 8.42 Å². The molecule has 0 amide bonds. The van der Waals surface area contributed by atoms with E-state index in [1.54, 1.807) is 6.07 Å². The predicted octanol–water partition coefficient (Wildman–Crippen LogP) is 6.49. The number of benzene rings is 2. The van der Waals surface area contributed by atoms with Gasteiger partial charge in [-0.2, -0.15) is 0 Å². The number of nitrogens with one attached hydrogen (secondary N) is 1. The summed E-state index contributed by atoms with van der Waals surface area (Å²) in [7, 11) is -3.75. The Morgan fingerprint density at radius 1 is 0.828 bits per heavy atom. The first-order chi connectivity index (χ1) is 13.8. The second kappa shape index (κ2) is 7.20. The quantitative estimate of drug-likeness (QED) is 0.423. The molecule has 4 heteroatoms. The highest BCUT2D eigenvalue weighted by atomic mass is 32.2. The van der Waals surface area contributed by atoms with Gasteiger partial charge in [-0.1, -0.05) is 68.4 Å². The summed E-state index contributed by atoms with van der Waals surface area (Å²) >= 11 is 0. The summed E-state index contributed by atoms with van der Waals surface area (Å²) in [5.41, 5.74) is 5.51. The van der Waals surface area contributed by atoms with Crippen LogP contribution in [0.15, 0.2) is 71.6 Å². The van der Waals surface area contributed by atoms with Crippen molar-refractivity contribution >= 4 is 26.5 Å². The van der Waals surface area contributed by atoms with Crippen LogP contribution in [0, 0.1) is 13.8 Å². The van der Waals surface area contributed by atoms with Gasteiger partial charge in [-0.05, 0) is 59.5 Å². The number of sulfonamides is 1. The van der Waals surface area contributed by atoms with E-state index in [4.69, 9.17) is 0 Å². The van der Waals surface area contributed by atoms with Gasteiger partial charge >= 0.3 is 0 Å². The number of aryl methyl sites for hydroxylation is 2. The number of hydrogen-bond donors (Lipinski definition) is 1. The Bertz CT molecular complexity index is 1280. The fourth-order valence-corrected chi connectivity index (χ4v) is 5.32. The Kier molecular flexibility index (Phi) is 4.83. The molecule has 0 saturated heterocycles. The standard InChI is InChI=1S/C25H25NO2S/c1-16(2)20-13-12-17(3)25-22(15-20)18(4)14-24(25)29(27,28)26-23-11-7-9-19-8-5-6-10-21(19)23/h5-16,26H,1-4H3. The Balaban J connectivity index is 1.86. The Hall–Kier alpha value is -2.85. The van der Waals surface area contributed by atoms with Gasteiger partial charge in [0.2, 0.25) is 0 Å². The Morgan fingerprint density at radius 3 is 2.31 bits per heavy atom. The van der Waals surface area contributed by atoms with Gasteiger partial charge in [0.15, 0.2) is 0 Å². The average molecular weight is 404 g/mol. The van der Waals surface area contributed by atoms with Crippen molar-refractivity contribution in [3.63, 3.8) is 0 Å². The van der Waals surface area contributed by atoms with Crippen LogP contribution >= 0.6 is 0 Å². The molecule has 4 rings (SSSR count). The van der Waals surface area contributed by atoms with Crippen LogP contribution in [-0.4, -0.2) is 8.42 Å². The molecule has 0 fully saturated rings. The molecule has 29 heavy (non-hydrogen) atoms. The lowest BCUT2D eigenvalue weighted by Crippen LogP contribution is -2.13. The molecule has 3 nitrogen and oxygen atoms in total. The first-order valence-corrected chi connectivity index (χ1v) is 11.3. The van der Waals surface area contributed by atoms with Crippen molar-refractivity contribution in [1.29, 1.82) is 0 Å². The molecule has 0 atom stereocenters. The van der Waals surface area contributed by atoms with Crippen molar-refractivity contribution in [2.24, 2.45) is 0 Å². The molecule has 2 aromatic rings. The largest absolute Gasteiger partial charge is 0.279 e. The third-order valence-electron chi connectivity index (χ3n) is 5.51. The number of hydrogen-bond acceptors (Lipinski definition) is 2. The van der Waals surface area contributed by atoms with E-state index in [1.807, 2.05) is 62.4 Å². The van der Waals surface area contributed by atoms with Gasteiger partial charge in [-0.25, -0.2) is 8.42 Å². The lowest BCUT2D eigenvalue weighted by molar-refractivity contribution is 0.601. The molecule has 0 heterocycles. The maximum absolute atomic E-state index is 13.4. The molecule has 2 aliphatic carbocycles. The van der Waals surface area contributed by atoms with E-state index in [-0.39, 0.29) is 0 Å². The SMILES string of the molecule is Cc1cc(S(=O)(=O)Nc2cccc3ccccc23)c2c(C)ccc(C(C)C)cc1-2. The maximum Gasteiger partial charge on any atom is 0.262 e. The summed E-state index contributed by atoms with van der Waals surface area (Å²) in [5.74, 6) is 0.369. The van der Waals surface area contributed by atoms with Crippen LogP contribution in [0.5, 0.6) is 0 Å². The molecule has 0 spiro atoms. The predicted molar refractivity (Wildman–Crippen MR) is 121 cm³/mol. The minimum Gasteiger partial charge on any atom is -0.279 e.